The third-order valence-electron chi connectivity index (χ3n) is 5.63. The van der Waals surface area contributed by atoms with Gasteiger partial charge < -0.3 is 14.8 Å². The molecule has 5 heterocycles. The van der Waals surface area contributed by atoms with Crippen molar-refractivity contribution in [3.05, 3.63) is 23.7 Å². The Labute approximate surface area is 167 Å². The summed E-state index contributed by atoms with van der Waals surface area (Å²) >= 11 is 1.44. The lowest BCUT2D eigenvalue weighted by Gasteiger charge is -2.32. The van der Waals surface area contributed by atoms with Crippen LogP contribution in [-0.4, -0.2) is 43.5 Å². The molecule has 28 heavy (non-hydrogen) atoms. The molecule has 146 valence electrons. The van der Waals surface area contributed by atoms with Gasteiger partial charge in [0.15, 0.2) is 22.1 Å². The van der Waals surface area contributed by atoms with Gasteiger partial charge in [-0.3, -0.25) is 4.79 Å². The number of carbonyl (C=O) groups excluding carboxylic acids is 1. The van der Waals surface area contributed by atoms with Crippen LogP contribution in [-0.2, 0) is 17.8 Å². The Bertz CT molecular complexity index is 984. The van der Waals surface area contributed by atoms with E-state index in [1.54, 1.807) is 12.5 Å². The monoisotopic (exact) mass is 397 g/mol. The zero-order valence-corrected chi connectivity index (χ0v) is 16.5. The number of nitrogens with zero attached hydrogens (tertiary/aromatic N) is 6. The Balaban J connectivity index is 1.41. The van der Waals surface area contributed by atoms with Crippen LogP contribution in [0.3, 0.4) is 0 Å². The highest BCUT2D eigenvalue weighted by Gasteiger charge is 2.29. The maximum Gasteiger partial charge on any atom is 0.231 e. The molecule has 0 aromatic carbocycles. The lowest BCUT2D eigenvalue weighted by Crippen LogP contribution is -2.41. The van der Waals surface area contributed by atoms with Gasteiger partial charge in [-0.25, -0.2) is 19.9 Å². The molecule has 1 saturated heterocycles. The van der Waals surface area contributed by atoms with Crippen LogP contribution in [0, 0.1) is 5.92 Å². The van der Waals surface area contributed by atoms with Crippen LogP contribution < -0.4 is 10.2 Å². The second-order valence-electron chi connectivity index (χ2n) is 7.47. The number of aromatic nitrogens is 5. The normalized spacial score (nSPS) is 20.0. The maximum absolute atomic E-state index is 12.7. The van der Waals surface area contributed by atoms with Crippen molar-refractivity contribution < 1.29 is 4.79 Å². The van der Waals surface area contributed by atoms with Crippen molar-refractivity contribution in [2.75, 3.05) is 23.3 Å². The van der Waals surface area contributed by atoms with Gasteiger partial charge >= 0.3 is 0 Å². The molecule has 5 rings (SSSR count). The standard InChI is InChI=1S/C19H23N7OS/c27-18(24-19-20-7-10-28-19)13-5-4-8-25(11-13)16-15-17(22-12-21-16)26-9-3-1-2-6-14(26)23-15/h7,10,12-13H,1-6,8-9,11H2,(H,20,24,27). The lowest BCUT2D eigenvalue weighted by molar-refractivity contribution is -0.120. The number of imidazole rings is 1. The quantitative estimate of drug-likeness (QED) is 0.731. The minimum Gasteiger partial charge on any atom is -0.354 e. The van der Waals surface area contributed by atoms with E-state index in [9.17, 15) is 4.79 Å². The fourth-order valence-corrected chi connectivity index (χ4v) is 4.76. The summed E-state index contributed by atoms with van der Waals surface area (Å²) in [4.78, 5) is 33.0. The van der Waals surface area contributed by atoms with E-state index in [1.165, 1.54) is 30.6 Å². The first-order chi connectivity index (χ1) is 13.8. The topological polar surface area (TPSA) is 88.8 Å². The Morgan fingerprint density at radius 2 is 2.11 bits per heavy atom. The first-order valence-electron chi connectivity index (χ1n) is 9.95. The average Bonchev–Trinajstić information content (AvgIpc) is 3.29. The summed E-state index contributed by atoms with van der Waals surface area (Å²) < 4.78 is 2.25. The van der Waals surface area contributed by atoms with Gasteiger partial charge in [0, 0.05) is 37.6 Å². The smallest absolute Gasteiger partial charge is 0.231 e. The summed E-state index contributed by atoms with van der Waals surface area (Å²) in [5.41, 5.74) is 1.80. The number of thiazole rings is 1. The van der Waals surface area contributed by atoms with Gasteiger partial charge in [-0.2, -0.15) is 0 Å². The van der Waals surface area contributed by atoms with E-state index < -0.39 is 0 Å². The van der Waals surface area contributed by atoms with Crippen LogP contribution in [0.5, 0.6) is 0 Å². The molecule has 0 spiro atoms. The predicted molar refractivity (Wildman–Crippen MR) is 109 cm³/mol. The van der Waals surface area contributed by atoms with Crippen LogP contribution in [0.4, 0.5) is 10.9 Å². The van der Waals surface area contributed by atoms with Gasteiger partial charge in [0.2, 0.25) is 5.91 Å². The molecule has 1 fully saturated rings. The van der Waals surface area contributed by atoms with Gasteiger partial charge in [-0.1, -0.05) is 6.42 Å². The van der Waals surface area contributed by atoms with E-state index in [-0.39, 0.29) is 11.8 Å². The molecular weight excluding hydrogens is 374 g/mol. The molecule has 2 aliphatic rings. The van der Waals surface area contributed by atoms with Gasteiger partial charge in [0.25, 0.3) is 0 Å². The molecule has 1 unspecified atom stereocenters. The van der Waals surface area contributed by atoms with E-state index in [2.05, 4.69) is 29.7 Å². The summed E-state index contributed by atoms with van der Waals surface area (Å²) in [5.74, 6) is 1.93. The number of amides is 1. The largest absolute Gasteiger partial charge is 0.354 e. The molecule has 0 saturated carbocycles. The van der Waals surface area contributed by atoms with Gasteiger partial charge in [-0.05, 0) is 25.7 Å². The second kappa shape index (κ2) is 7.46. The second-order valence-corrected chi connectivity index (χ2v) is 8.37. The van der Waals surface area contributed by atoms with E-state index in [1.807, 2.05) is 5.38 Å². The summed E-state index contributed by atoms with van der Waals surface area (Å²) in [6.07, 6.45) is 9.75. The third kappa shape index (κ3) is 3.23. The van der Waals surface area contributed by atoms with Crippen LogP contribution in [0.15, 0.2) is 17.9 Å². The van der Waals surface area contributed by atoms with Crippen molar-refractivity contribution in [2.45, 2.75) is 45.1 Å². The molecule has 1 atom stereocenters. The number of carbonyl (C=O) groups is 1. The number of hydrogen-bond donors (Lipinski definition) is 1. The van der Waals surface area contributed by atoms with Crippen LogP contribution >= 0.6 is 11.3 Å². The number of nitrogens with one attached hydrogen (secondary N) is 1. The molecule has 9 heteroatoms. The highest BCUT2D eigenvalue weighted by atomic mass is 32.1. The number of hydrogen-bond acceptors (Lipinski definition) is 7. The van der Waals surface area contributed by atoms with E-state index in [4.69, 9.17) is 4.98 Å². The summed E-state index contributed by atoms with van der Waals surface area (Å²) in [6, 6.07) is 0. The first-order valence-corrected chi connectivity index (χ1v) is 10.8. The van der Waals surface area contributed by atoms with E-state index in [0.29, 0.717) is 11.7 Å². The number of rotatable bonds is 3. The molecule has 8 nitrogen and oxygen atoms in total. The molecule has 3 aromatic rings. The van der Waals surface area contributed by atoms with E-state index >= 15 is 0 Å². The summed E-state index contributed by atoms with van der Waals surface area (Å²) in [5, 5.41) is 5.46. The van der Waals surface area contributed by atoms with Crippen molar-refractivity contribution in [3.8, 4) is 0 Å². The van der Waals surface area contributed by atoms with Crippen molar-refractivity contribution in [1.82, 2.24) is 24.5 Å². The highest BCUT2D eigenvalue weighted by Crippen LogP contribution is 2.29. The number of anilines is 2. The van der Waals surface area contributed by atoms with E-state index in [0.717, 1.165) is 55.2 Å². The fourth-order valence-electron chi connectivity index (χ4n) is 4.23. The first kappa shape index (κ1) is 17.5. The summed E-state index contributed by atoms with van der Waals surface area (Å²) in [6.45, 7) is 2.50. The zero-order chi connectivity index (χ0) is 18.9. The Morgan fingerprint density at radius 1 is 1.14 bits per heavy atom. The number of fused-ring (bicyclic) bond motifs is 3. The van der Waals surface area contributed by atoms with Crippen molar-refractivity contribution in [3.63, 3.8) is 0 Å². The van der Waals surface area contributed by atoms with Gasteiger partial charge in [0.05, 0.1) is 5.92 Å². The molecule has 0 bridgehead atoms. The molecule has 2 aliphatic heterocycles. The molecule has 1 amide bonds. The SMILES string of the molecule is O=C(Nc1nccs1)C1CCCN(c2ncnc3c2nc2n3CCCCC2)C1. The van der Waals surface area contributed by atoms with Gasteiger partial charge in [0.1, 0.15) is 12.2 Å². The van der Waals surface area contributed by atoms with Crippen LogP contribution in [0.25, 0.3) is 11.2 Å². The Kier molecular flexibility index (Phi) is 4.67. The molecule has 0 aliphatic carbocycles. The minimum absolute atomic E-state index is 0.0329. The van der Waals surface area contributed by atoms with Crippen molar-refractivity contribution in [2.24, 2.45) is 5.92 Å². The molecular formula is C19H23N7OS. The highest BCUT2D eigenvalue weighted by molar-refractivity contribution is 7.13. The van der Waals surface area contributed by atoms with Crippen molar-refractivity contribution >= 4 is 39.4 Å². The van der Waals surface area contributed by atoms with Crippen molar-refractivity contribution in [1.29, 1.82) is 0 Å². The molecule has 3 aromatic heterocycles. The van der Waals surface area contributed by atoms with Crippen LogP contribution in [0.1, 0.15) is 37.9 Å². The molecule has 1 N–H and O–H groups in total. The van der Waals surface area contributed by atoms with Crippen LogP contribution in [0.2, 0.25) is 0 Å². The maximum atomic E-state index is 12.7. The number of piperidine rings is 1. The number of aryl methyl sites for hydroxylation is 2. The Morgan fingerprint density at radius 3 is 3.00 bits per heavy atom. The zero-order valence-electron chi connectivity index (χ0n) is 15.7. The average molecular weight is 398 g/mol. The van der Waals surface area contributed by atoms with Gasteiger partial charge in [-0.15, -0.1) is 11.3 Å². The fraction of sp³-hybridized carbons (Fsp3) is 0.526. The third-order valence-corrected chi connectivity index (χ3v) is 6.32. The lowest BCUT2D eigenvalue weighted by atomic mass is 9.97. The summed E-state index contributed by atoms with van der Waals surface area (Å²) in [7, 11) is 0. The Hall–Kier alpha value is -2.55. The minimum atomic E-state index is -0.0805. The molecule has 0 radical (unpaired) electrons. The predicted octanol–water partition coefficient (Wildman–Crippen LogP) is 2.86.